The molecular formula is C9H12F2N2O4S. The van der Waals surface area contributed by atoms with Crippen LogP contribution in [0.5, 0.6) is 0 Å². The van der Waals surface area contributed by atoms with E-state index in [4.69, 9.17) is 15.9 Å². The average molecular weight is 282 g/mol. The lowest BCUT2D eigenvalue weighted by molar-refractivity contribution is 0.0988. The zero-order chi connectivity index (χ0) is 13.9. The third-order valence-electron chi connectivity index (χ3n) is 2.06. The number of halogens is 2. The van der Waals surface area contributed by atoms with E-state index >= 15 is 0 Å². The number of anilines is 1. The first-order valence-corrected chi connectivity index (χ1v) is 6.29. The molecule has 0 spiro atoms. The summed E-state index contributed by atoms with van der Waals surface area (Å²) in [5.41, 5.74) is 4.63. The zero-order valence-electron chi connectivity index (χ0n) is 9.10. The Bertz CT molecular complexity index is 536. The predicted octanol–water partition coefficient (Wildman–Crippen LogP) is -0.822. The topological polar surface area (TPSA) is 113 Å². The van der Waals surface area contributed by atoms with Crippen molar-refractivity contribution in [2.45, 2.75) is 11.0 Å². The highest BCUT2D eigenvalue weighted by Gasteiger charge is 2.21. The number of hydrogen-bond acceptors (Lipinski definition) is 5. The Morgan fingerprint density at radius 2 is 1.94 bits per heavy atom. The molecule has 0 bridgehead atoms. The second kappa shape index (κ2) is 5.57. The van der Waals surface area contributed by atoms with Gasteiger partial charge in [-0.1, -0.05) is 0 Å². The van der Waals surface area contributed by atoms with Crippen molar-refractivity contribution in [2.24, 2.45) is 0 Å². The number of sulfonamides is 1. The molecule has 0 amide bonds. The van der Waals surface area contributed by atoms with Crippen molar-refractivity contribution in [3.63, 3.8) is 0 Å². The van der Waals surface area contributed by atoms with E-state index in [2.05, 4.69) is 0 Å². The number of aliphatic hydroxyl groups excluding tert-OH is 2. The van der Waals surface area contributed by atoms with Crippen molar-refractivity contribution >= 4 is 15.7 Å². The molecule has 0 fully saturated rings. The molecule has 0 saturated heterocycles. The predicted molar refractivity (Wildman–Crippen MR) is 59.1 cm³/mol. The molecule has 9 heteroatoms. The molecular weight excluding hydrogens is 270 g/mol. The Morgan fingerprint density at radius 3 is 2.50 bits per heavy atom. The van der Waals surface area contributed by atoms with Crippen LogP contribution < -0.4 is 10.5 Å². The van der Waals surface area contributed by atoms with Crippen LogP contribution in [0.25, 0.3) is 0 Å². The van der Waals surface area contributed by atoms with E-state index < -0.39 is 51.5 Å². The summed E-state index contributed by atoms with van der Waals surface area (Å²) >= 11 is 0. The summed E-state index contributed by atoms with van der Waals surface area (Å²) in [6, 6.07) is 0.991. The van der Waals surface area contributed by atoms with Gasteiger partial charge in [-0.25, -0.2) is 21.9 Å². The molecule has 0 aromatic heterocycles. The van der Waals surface area contributed by atoms with Gasteiger partial charge in [-0.05, 0) is 6.07 Å². The van der Waals surface area contributed by atoms with Crippen LogP contribution in [0.15, 0.2) is 17.0 Å². The van der Waals surface area contributed by atoms with Crippen LogP contribution in [0.2, 0.25) is 0 Å². The Hall–Kier alpha value is -1.29. The summed E-state index contributed by atoms with van der Waals surface area (Å²) in [7, 11) is -4.28. The van der Waals surface area contributed by atoms with Gasteiger partial charge < -0.3 is 15.9 Å². The molecule has 102 valence electrons. The first kappa shape index (κ1) is 14.8. The highest BCUT2D eigenvalue weighted by molar-refractivity contribution is 7.89. The smallest absolute Gasteiger partial charge is 0.243 e. The average Bonchev–Trinajstić information content (AvgIpc) is 2.30. The molecule has 1 atom stereocenters. The summed E-state index contributed by atoms with van der Waals surface area (Å²) in [5, 5.41) is 17.5. The van der Waals surface area contributed by atoms with Crippen LogP contribution in [-0.4, -0.2) is 37.9 Å². The van der Waals surface area contributed by atoms with E-state index in [1.165, 1.54) is 0 Å². The second-order valence-corrected chi connectivity index (χ2v) is 5.23. The lowest BCUT2D eigenvalue weighted by Crippen LogP contribution is -2.34. The van der Waals surface area contributed by atoms with E-state index in [9.17, 15) is 17.2 Å². The Balaban J connectivity index is 3.02. The molecule has 0 aliphatic carbocycles. The van der Waals surface area contributed by atoms with E-state index in [0.717, 1.165) is 0 Å². The molecule has 1 aromatic rings. The molecule has 1 rings (SSSR count). The lowest BCUT2D eigenvalue weighted by Gasteiger charge is -2.11. The van der Waals surface area contributed by atoms with Gasteiger partial charge in [0.2, 0.25) is 10.0 Å². The minimum atomic E-state index is -4.28. The van der Waals surface area contributed by atoms with Crippen molar-refractivity contribution in [3.05, 3.63) is 23.8 Å². The maximum Gasteiger partial charge on any atom is 0.243 e. The van der Waals surface area contributed by atoms with Crippen molar-refractivity contribution in [1.82, 2.24) is 4.72 Å². The maximum absolute atomic E-state index is 13.3. The number of nitrogen functional groups attached to an aromatic ring is 1. The zero-order valence-corrected chi connectivity index (χ0v) is 9.92. The van der Waals surface area contributed by atoms with Gasteiger partial charge >= 0.3 is 0 Å². The molecule has 0 aliphatic rings. The number of aliphatic hydroxyl groups is 2. The summed E-state index contributed by atoms with van der Waals surface area (Å²) in [5.74, 6) is -2.37. The number of rotatable bonds is 5. The number of nitrogens with one attached hydrogen (secondary N) is 1. The van der Waals surface area contributed by atoms with Gasteiger partial charge in [0.1, 0.15) is 16.5 Å². The van der Waals surface area contributed by atoms with E-state index in [-0.39, 0.29) is 0 Å². The summed E-state index contributed by atoms with van der Waals surface area (Å²) < 4.78 is 51.3. The molecule has 6 nitrogen and oxygen atoms in total. The summed E-state index contributed by atoms with van der Waals surface area (Å²) in [6.45, 7) is -1.16. The van der Waals surface area contributed by atoms with Gasteiger partial charge in [-0.15, -0.1) is 0 Å². The van der Waals surface area contributed by atoms with Crippen LogP contribution in [0.4, 0.5) is 14.5 Å². The number of nitrogens with two attached hydrogens (primary N) is 1. The highest BCUT2D eigenvalue weighted by Crippen LogP contribution is 2.20. The van der Waals surface area contributed by atoms with Gasteiger partial charge in [0.25, 0.3) is 0 Å². The molecule has 1 unspecified atom stereocenters. The van der Waals surface area contributed by atoms with Crippen LogP contribution >= 0.6 is 0 Å². The third kappa shape index (κ3) is 3.35. The Morgan fingerprint density at radius 1 is 1.33 bits per heavy atom. The summed E-state index contributed by atoms with van der Waals surface area (Å²) in [6.07, 6.45) is -1.32. The standard InChI is InChI=1S/C9H12F2N2O4S/c10-6-1-7(11)9(2-8(6)12)18(16,17)13-3-5(15)4-14/h1-2,5,13-15H,3-4,12H2. The van der Waals surface area contributed by atoms with Crippen LogP contribution in [0, 0.1) is 11.6 Å². The largest absolute Gasteiger partial charge is 0.396 e. The Labute approximate surface area is 102 Å². The van der Waals surface area contributed by atoms with Crippen molar-refractivity contribution in [2.75, 3.05) is 18.9 Å². The lowest BCUT2D eigenvalue weighted by atomic mass is 10.3. The Kier molecular flexibility index (Phi) is 4.57. The van der Waals surface area contributed by atoms with Gasteiger partial charge in [0.05, 0.1) is 18.4 Å². The molecule has 0 aliphatic heterocycles. The normalized spacial score (nSPS) is 13.6. The quantitative estimate of drug-likeness (QED) is 0.527. The van der Waals surface area contributed by atoms with E-state index in [1.54, 1.807) is 0 Å². The van der Waals surface area contributed by atoms with Gasteiger partial charge in [0.15, 0.2) is 0 Å². The van der Waals surface area contributed by atoms with Gasteiger partial charge in [-0.3, -0.25) is 0 Å². The van der Waals surface area contributed by atoms with Crippen LogP contribution in [0.1, 0.15) is 0 Å². The molecule has 0 radical (unpaired) electrons. The van der Waals surface area contributed by atoms with Gasteiger partial charge in [0, 0.05) is 12.6 Å². The number of hydrogen-bond donors (Lipinski definition) is 4. The first-order chi connectivity index (χ1) is 8.27. The SMILES string of the molecule is Nc1cc(S(=O)(=O)NCC(O)CO)c(F)cc1F. The molecule has 0 saturated carbocycles. The minimum absolute atomic E-state index is 0.354. The fraction of sp³-hybridized carbons (Fsp3) is 0.333. The molecule has 1 aromatic carbocycles. The monoisotopic (exact) mass is 282 g/mol. The molecule has 0 heterocycles. The van der Waals surface area contributed by atoms with Crippen molar-refractivity contribution in [3.8, 4) is 0 Å². The van der Waals surface area contributed by atoms with Crippen molar-refractivity contribution in [1.29, 1.82) is 0 Å². The fourth-order valence-electron chi connectivity index (χ4n) is 1.10. The first-order valence-electron chi connectivity index (χ1n) is 4.81. The summed E-state index contributed by atoms with van der Waals surface area (Å²) in [4.78, 5) is -0.827. The molecule has 5 N–H and O–H groups in total. The van der Waals surface area contributed by atoms with Crippen molar-refractivity contribution < 1.29 is 27.4 Å². The van der Waals surface area contributed by atoms with Crippen LogP contribution in [-0.2, 0) is 10.0 Å². The highest BCUT2D eigenvalue weighted by atomic mass is 32.2. The van der Waals surface area contributed by atoms with E-state index in [0.29, 0.717) is 12.1 Å². The third-order valence-corrected chi connectivity index (χ3v) is 3.50. The molecule has 18 heavy (non-hydrogen) atoms. The maximum atomic E-state index is 13.3. The fourth-order valence-corrected chi connectivity index (χ4v) is 2.26. The minimum Gasteiger partial charge on any atom is -0.396 e. The van der Waals surface area contributed by atoms with Crippen LogP contribution in [0.3, 0.4) is 0 Å². The van der Waals surface area contributed by atoms with E-state index in [1.807, 2.05) is 4.72 Å². The van der Waals surface area contributed by atoms with Gasteiger partial charge in [-0.2, -0.15) is 0 Å². The second-order valence-electron chi connectivity index (χ2n) is 3.49. The number of benzene rings is 1.